The van der Waals surface area contributed by atoms with Crippen LogP contribution in [0.5, 0.6) is 0 Å². The van der Waals surface area contributed by atoms with Crippen LogP contribution < -0.4 is 5.32 Å². The monoisotopic (exact) mass is 636 g/mol. The maximum Gasteiger partial charge on any atom is 0.274 e. The van der Waals surface area contributed by atoms with Gasteiger partial charge in [-0.15, -0.1) is 0 Å². The first-order valence-corrected chi connectivity index (χ1v) is 16.8. The molecule has 0 saturated carbocycles. The Labute approximate surface area is 269 Å². The van der Waals surface area contributed by atoms with Crippen LogP contribution in [0.2, 0.25) is 0 Å². The highest BCUT2D eigenvalue weighted by molar-refractivity contribution is 7.89. The van der Waals surface area contributed by atoms with Gasteiger partial charge in [0, 0.05) is 42.5 Å². The fraction of sp³-hybridized carbons (Fsp3) is 0.278. The van der Waals surface area contributed by atoms with E-state index in [1.807, 2.05) is 50.5 Å². The van der Waals surface area contributed by atoms with Gasteiger partial charge in [0.2, 0.25) is 5.78 Å². The average Bonchev–Trinajstić information content (AvgIpc) is 3.65. The number of hydrogen-bond acceptors (Lipinski definition) is 6. The molecule has 0 spiro atoms. The summed E-state index contributed by atoms with van der Waals surface area (Å²) in [7, 11) is -2.53. The van der Waals surface area contributed by atoms with Crippen molar-refractivity contribution in [3.8, 4) is 11.1 Å². The van der Waals surface area contributed by atoms with Crippen molar-refractivity contribution in [2.45, 2.75) is 51.5 Å². The van der Waals surface area contributed by atoms with Gasteiger partial charge in [0.25, 0.3) is 15.9 Å². The fourth-order valence-electron chi connectivity index (χ4n) is 6.48. The summed E-state index contributed by atoms with van der Waals surface area (Å²) in [4.78, 5) is 44.3. The molecule has 46 heavy (non-hydrogen) atoms. The van der Waals surface area contributed by atoms with E-state index in [1.54, 1.807) is 60.8 Å². The van der Waals surface area contributed by atoms with Gasteiger partial charge in [-0.05, 0) is 59.4 Å². The lowest BCUT2D eigenvalue weighted by atomic mass is 9.92. The van der Waals surface area contributed by atoms with E-state index in [0.29, 0.717) is 35.4 Å². The minimum Gasteiger partial charge on any atom is -0.341 e. The zero-order valence-electron chi connectivity index (χ0n) is 26.4. The topological polar surface area (TPSA) is 118 Å². The highest BCUT2D eigenvalue weighted by Crippen LogP contribution is 2.40. The first-order chi connectivity index (χ1) is 21.9. The van der Waals surface area contributed by atoms with E-state index in [2.05, 4.69) is 10.3 Å². The van der Waals surface area contributed by atoms with E-state index < -0.39 is 15.9 Å². The lowest BCUT2D eigenvalue weighted by molar-refractivity contribution is -0.123. The number of benzene rings is 2. The Hall–Kier alpha value is -4.83. The number of anilines is 1. The summed E-state index contributed by atoms with van der Waals surface area (Å²) in [6, 6.07) is 21.1. The zero-order valence-corrected chi connectivity index (χ0v) is 27.3. The van der Waals surface area contributed by atoms with Gasteiger partial charge in [-0.1, -0.05) is 70.2 Å². The molecule has 0 fully saturated rings. The molecule has 9 nitrogen and oxygen atoms in total. The third-order valence-electron chi connectivity index (χ3n) is 8.82. The molecule has 0 aliphatic carbocycles. The number of hydrogen-bond donors (Lipinski definition) is 1. The van der Waals surface area contributed by atoms with Gasteiger partial charge in [0.1, 0.15) is 17.3 Å². The van der Waals surface area contributed by atoms with Crippen molar-refractivity contribution in [3.05, 3.63) is 107 Å². The molecule has 0 radical (unpaired) electrons. The highest BCUT2D eigenvalue weighted by Gasteiger charge is 2.38. The van der Waals surface area contributed by atoms with Crippen LogP contribution in [0.3, 0.4) is 0 Å². The normalized spacial score (nSPS) is 16.8. The van der Waals surface area contributed by atoms with Crippen molar-refractivity contribution in [3.63, 3.8) is 0 Å². The number of ketones is 2. The number of carbonyl (C=O) groups excluding carboxylic acids is 3. The molecule has 0 bridgehead atoms. The predicted molar refractivity (Wildman–Crippen MR) is 177 cm³/mol. The van der Waals surface area contributed by atoms with E-state index in [0.717, 1.165) is 21.1 Å². The fourth-order valence-corrected chi connectivity index (χ4v) is 7.90. The first kappa shape index (κ1) is 31.2. The molecule has 4 aromatic rings. The Bertz CT molecular complexity index is 2020. The van der Waals surface area contributed by atoms with Crippen LogP contribution in [0.25, 0.3) is 16.7 Å². The van der Waals surface area contributed by atoms with Gasteiger partial charge in [0.05, 0.1) is 16.5 Å². The van der Waals surface area contributed by atoms with Crippen LogP contribution in [0.1, 0.15) is 67.3 Å². The van der Waals surface area contributed by atoms with Gasteiger partial charge in [-0.3, -0.25) is 18.7 Å². The van der Waals surface area contributed by atoms with Gasteiger partial charge < -0.3 is 9.88 Å². The molecule has 2 aromatic heterocycles. The van der Waals surface area contributed by atoms with E-state index in [-0.39, 0.29) is 45.7 Å². The van der Waals surface area contributed by atoms with E-state index in [1.165, 1.54) is 7.05 Å². The maximum absolute atomic E-state index is 13.7. The third-order valence-corrected chi connectivity index (χ3v) is 10.6. The lowest BCUT2D eigenvalue weighted by Gasteiger charge is -2.32. The molecule has 236 valence electrons. The maximum atomic E-state index is 13.7. The van der Waals surface area contributed by atoms with Crippen LogP contribution in [0.15, 0.2) is 89.6 Å². The number of nitrogens with zero attached hydrogens (tertiary/aromatic N) is 3. The van der Waals surface area contributed by atoms with Gasteiger partial charge >= 0.3 is 0 Å². The van der Waals surface area contributed by atoms with Crippen molar-refractivity contribution < 1.29 is 22.8 Å². The quantitative estimate of drug-likeness (QED) is 0.233. The molecule has 2 aliphatic rings. The summed E-state index contributed by atoms with van der Waals surface area (Å²) in [5.74, 6) is -0.581. The van der Waals surface area contributed by atoms with E-state index >= 15 is 0 Å². The molecule has 2 aliphatic heterocycles. The standard InChI is InChI=1S/C36H36N4O5S/c1-21(2)32-27-8-6-7-9-30(27)46(44,45)39(5)33(32)36(43)38-31-20-25(16-18-37-31)23-10-12-24(13-11-23)35(42)29-15-14-28-26(17-19-40(28)29)34(41)22(3)4/h6-16,18,20-22,26H,17,19H2,1-5H3,(H,37,38,43). The molecule has 1 atom stereocenters. The second-order valence-electron chi connectivity index (χ2n) is 12.4. The Kier molecular flexibility index (Phi) is 8.02. The van der Waals surface area contributed by atoms with Crippen molar-refractivity contribution in [1.82, 2.24) is 13.9 Å². The molecule has 0 saturated heterocycles. The van der Waals surface area contributed by atoms with E-state index in [9.17, 15) is 22.8 Å². The number of likely N-dealkylation sites (N-methyl/N-ethyl adjacent to an activating group) is 1. The molecule has 10 heteroatoms. The Morgan fingerprint density at radius 2 is 1.63 bits per heavy atom. The molecule has 1 N–H and O–H groups in total. The molecule has 1 amide bonds. The average molecular weight is 637 g/mol. The predicted octanol–water partition coefficient (Wildman–Crippen LogP) is 6.13. The largest absolute Gasteiger partial charge is 0.341 e. The zero-order chi connectivity index (χ0) is 32.9. The van der Waals surface area contributed by atoms with Crippen LogP contribution >= 0.6 is 0 Å². The summed E-state index contributed by atoms with van der Waals surface area (Å²) in [6.45, 7) is 8.30. The summed E-state index contributed by atoms with van der Waals surface area (Å²) in [5, 5.41) is 2.80. The second-order valence-corrected chi connectivity index (χ2v) is 14.3. The van der Waals surface area contributed by atoms with E-state index in [4.69, 9.17) is 0 Å². The molecule has 6 rings (SSSR count). The number of aromatic nitrogens is 2. The number of amides is 1. The number of rotatable bonds is 8. The first-order valence-electron chi connectivity index (χ1n) is 15.4. The summed E-state index contributed by atoms with van der Waals surface area (Å²) in [6.07, 6.45) is 2.28. The van der Waals surface area contributed by atoms with Crippen molar-refractivity contribution in [1.29, 1.82) is 0 Å². The van der Waals surface area contributed by atoms with Crippen LogP contribution in [0.4, 0.5) is 5.82 Å². The Morgan fingerprint density at radius 1 is 0.913 bits per heavy atom. The van der Waals surface area contributed by atoms with Crippen LogP contribution in [0, 0.1) is 11.8 Å². The smallest absolute Gasteiger partial charge is 0.274 e. The van der Waals surface area contributed by atoms with Crippen molar-refractivity contribution in [2.24, 2.45) is 11.8 Å². The van der Waals surface area contributed by atoms with Gasteiger partial charge in [-0.2, -0.15) is 0 Å². The Morgan fingerprint density at radius 3 is 2.33 bits per heavy atom. The molecule has 4 heterocycles. The lowest BCUT2D eigenvalue weighted by Crippen LogP contribution is -2.38. The number of sulfonamides is 1. The minimum atomic E-state index is -3.92. The molecular formula is C36H36N4O5S. The minimum absolute atomic E-state index is 0.0560. The highest BCUT2D eigenvalue weighted by atomic mass is 32.2. The van der Waals surface area contributed by atoms with Crippen LogP contribution in [-0.2, 0) is 26.2 Å². The summed E-state index contributed by atoms with van der Waals surface area (Å²) >= 11 is 0. The van der Waals surface area contributed by atoms with Gasteiger partial charge in [0.15, 0.2) is 0 Å². The Balaban J connectivity index is 1.24. The molecule has 2 aromatic carbocycles. The number of nitrogens with one attached hydrogen (secondary N) is 1. The number of Topliss-reactive ketones (excluding diaryl/α,β-unsaturated/α-hetero) is 1. The molecular weight excluding hydrogens is 600 g/mol. The number of fused-ring (bicyclic) bond motifs is 2. The second kappa shape index (κ2) is 11.8. The number of carbonyl (C=O) groups is 3. The summed E-state index contributed by atoms with van der Waals surface area (Å²) in [5.41, 5.74) is 4.79. The number of allylic oxidation sites excluding steroid dienone is 1. The van der Waals surface area contributed by atoms with Gasteiger partial charge in [-0.25, -0.2) is 13.4 Å². The SMILES string of the molecule is CC(C)C(=O)C1CCn2c(C(=O)c3ccc(-c4ccnc(NC(=O)C5=C(C(C)C)c6ccccc6S(=O)(=O)N5C)c4)cc3)ccc21. The summed E-state index contributed by atoms with van der Waals surface area (Å²) < 4.78 is 29.6. The van der Waals surface area contributed by atoms with Crippen molar-refractivity contribution >= 4 is 38.9 Å². The third kappa shape index (κ3) is 5.26. The molecule has 1 unspecified atom stereocenters. The number of pyridine rings is 1. The van der Waals surface area contributed by atoms with Crippen LogP contribution in [-0.4, -0.2) is 46.8 Å². The van der Waals surface area contributed by atoms with Crippen molar-refractivity contribution in [2.75, 3.05) is 12.4 Å².